The summed E-state index contributed by atoms with van der Waals surface area (Å²) in [4.78, 5) is 25.6. The van der Waals surface area contributed by atoms with Crippen LogP contribution in [0.5, 0.6) is 0 Å². The SMILES string of the molecule is O=P([O-])([O-])[O-].[O]=[Cr](=[O])([O-])[O-].[Ti+4].[Ti+4]. The van der Waals surface area contributed by atoms with E-state index in [0.29, 0.717) is 0 Å². The Hall–Kier alpha value is 1.59. The van der Waals surface area contributed by atoms with Gasteiger partial charge >= 0.3 is 73.0 Å². The molecule has 0 rings (SSSR count). The Balaban J connectivity index is -0.0000000457. The molecule has 0 bridgehead atoms. The molecule has 0 aliphatic rings. The van der Waals surface area contributed by atoms with Crippen LogP contribution in [0.3, 0.4) is 0 Å². The minimum absolute atomic E-state index is 0. The van der Waals surface area contributed by atoms with Crippen LogP contribution in [0.15, 0.2) is 0 Å². The Morgan fingerprint density at radius 1 is 0.917 bits per heavy atom. The molecule has 0 aliphatic carbocycles. The first-order chi connectivity index (χ1) is 4.00. The molecule has 0 spiro atoms. The van der Waals surface area contributed by atoms with Gasteiger partial charge in [-0.15, -0.1) is 0 Å². The summed E-state index contributed by atoms with van der Waals surface area (Å²) in [6.07, 6.45) is 0. The van der Waals surface area contributed by atoms with Crippen LogP contribution < -0.4 is 23.0 Å². The molecule has 0 aromatic rings. The fourth-order valence-electron chi connectivity index (χ4n) is 0. The van der Waals surface area contributed by atoms with Crippen molar-refractivity contribution in [3.63, 3.8) is 0 Å². The molecule has 0 saturated carbocycles. The fourth-order valence-corrected chi connectivity index (χ4v) is 0. The molecule has 12 heteroatoms. The van der Waals surface area contributed by atoms with Gasteiger partial charge in [-0.05, 0) is 0 Å². The van der Waals surface area contributed by atoms with Gasteiger partial charge in [0.05, 0.1) is 0 Å². The van der Waals surface area contributed by atoms with Crippen molar-refractivity contribution in [3.05, 3.63) is 0 Å². The van der Waals surface area contributed by atoms with E-state index in [0.717, 1.165) is 0 Å². The van der Waals surface area contributed by atoms with Crippen molar-refractivity contribution in [3.8, 4) is 0 Å². The number of hydrogen-bond acceptors (Lipinski definition) is 8. The van der Waals surface area contributed by atoms with Crippen LogP contribution in [-0.4, -0.2) is 0 Å². The van der Waals surface area contributed by atoms with Gasteiger partial charge < -0.3 is 19.2 Å². The standard InChI is InChI=1S/Cr.H3O4P.4O.2Ti/c;1-5(2,3)4;;;;;;/h;(H3,1,2,3,4);;;;;;/q;;;;2*-1;2*+4/p-3. The second-order valence-electron chi connectivity index (χ2n) is 0.855. The molecule has 12 heavy (non-hydrogen) atoms. The fraction of sp³-hybridized carbons (Fsp3) is 0. The molecule has 0 N–H and O–H groups in total. The molecule has 0 radical (unpaired) electrons. The van der Waals surface area contributed by atoms with Gasteiger partial charge in [0.1, 0.15) is 0 Å². The zero-order chi connectivity index (χ0) is 9.00. The minimum atomic E-state index is -5.75. The van der Waals surface area contributed by atoms with Crippen LogP contribution in [-0.2, 0) is 69.2 Å². The van der Waals surface area contributed by atoms with E-state index in [1.54, 1.807) is 0 Å². The van der Waals surface area contributed by atoms with Crippen LogP contribution >= 0.6 is 7.82 Å². The quantitative estimate of drug-likeness (QED) is 0.315. The largest absolute Gasteiger partial charge is 4.00 e. The first-order valence-electron chi connectivity index (χ1n) is 1.40. The molecular weight excluding hydrogens is 307 g/mol. The van der Waals surface area contributed by atoms with Gasteiger partial charge in [-0.3, -0.25) is 0 Å². The molecule has 0 amide bonds. The van der Waals surface area contributed by atoms with Crippen molar-refractivity contribution in [1.29, 1.82) is 0 Å². The molecule has 0 fully saturated rings. The van der Waals surface area contributed by atoms with Gasteiger partial charge in [0.25, 0.3) is 0 Å². The van der Waals surface area contributed by atoms with Crippen LogP contribution in [0, 0.1) is 0 Å². The molecule has 0 saturated heterocycles. The summed E-state index contributed by atoms with van der Waals surface area (Å²) in [7, 11) is -5.39. The summed E-state index contributed by atoms with van der Waals surface area (Å²) in [5.41, 5.74) is 0. The average Bonchev–Trinajstić information content (AvgIpc) is 1.12. The maximum atomic E-state index is 8.59. The zero-order valence-electron chi connectivity index (χ0n) is 5.12. The van der Waals surface area contributed by atoms with E-state index in [-0.39, 0.29) is 43.4 Å². The summed E-state index contributed by atoms with van der Waals surface area (Å²) < 4.78 is 42.9. The average molecular weight is 307 g/mol. The number of rotatable bonds is 0. The van der Waals surface area contributed by atoms with Crippen LogP contribution in [0.25, 0.3) is 0 Å². The summed E-state index contributed by atoms with van der Waals surface area (Å²) in [5, 5.41) is 0. The Morgan fingerprint density at radius 2 is 0.917 bits per heavy atom. The maximum Gasteiger partial charge on any atom is 4.00 e. The number of phosphoric acid groups is 1. The van der Waals surface area contributed by atoms with Crippen molar-refractivity contribution in [2.75, 3.05) is 0 Å². The van der Waals surface area contributed by atoms with Crippen molar-refractivity contribution < 1.29 is 92.2 Å². The first-order valence-corrected chi connectivity index (χ1v) is 4.94. The molecule has 64 valence electrons. The normalized spacial score (nSPS) is 9.75. The van der Waals surface area contributed by atoms with Crippen LogP contribution in [0.1, 0.15) is 0 Å². The summed E-state index contributed by atoms with van der Waals surface area (Å²) in [6.45, 7) is 0. The van der Waals surface area contributed by atoms with Gasteiger partial charge in [0.15, 0.2) is 0 Å². The van der Waals surface area contributed by atoms with Gasteiger partial charge in [-0.2, -0.15) is 7.82 Å². The third-order valence-electron chi connectivity index (χ3n) is 0. The van der Waals surface area contributed by atoms with Gasteiger partial charge in [-0.1, -0.05) is 0 Å². The molecule has 8 nitrogen and oxygen atoms in total. The van der Waals surface area contributed by atoms with Crippen molar-refractivity contribution in [2.24, 2.45) is 0 Å². The first kappa shape index (κ1) is 23.4. The third kappa shape index (κ3) is 514. The van der Waals surface area contributed by atoms with E-state index in [1.165, 1.54) is 0 Å². The van der Waals surface area contributed by atoms with Gasteiger partial charge in [-0.25, -0.2) is 0 Å². The second-order valence-corrected chi connectivity index (χ2v) is 3.02. The van der Waals surface area contributed by atoms with Crippen molar-refractivity contribution in [1.82, 2.24) is 0 Å². The van der Waals surface area contributed by atoms with Crippen molar-refractivity contribution in [2.45, 2.75) is 0 Å². The van der Waals surface area contributed by atoms with E-state index in [4.69, 9.17) is 35.2 Å². The smallest absolute Gasteiger partial charge is 4.00 e. The summed E-state index contributed by atoms with van der Waals surface area (Å²) in [5.74, 6) is 0. The Morgan fingerprint density at radius 3 is 0.917 bits per heavy atom. The third-order valence-corrected chi connectivity index (χ3v) is 0. The molecule has 0 heterocycles. The Labute approximate surface area is 99.4 Å². The van der Waals surface area contributed by atoms with Gasteiger partial charge in [0, 0.05) is 0 Å². The van der Waals surface area contributed by atoms with E-state index >= 15 is 0 Å². The van der Waals surface area contributed by atoms with E-state index in [2.05, 4.69) is 0 Å². The monoisotopic (exact) mass is 307 g/mol. The van der Waals surface area contributed by atoms with Gasteiger partial charge in [0.2, 0.25) is 0 Å². The molecular formula is CrO8PTi2+3. The second kappa shape index (κ2) is 9.16. The molecule has 0 aromatic heterocycles. The zero-order valence-corrected chi connectivity index (χ0v) is 10.4. The summed E-state index contributed by atoms with van der Waals surface area (Å²) >= 11 is -5.75. The topological polar surface area (TPSA) is 167 Å². The minimum Gasteiger partial charge on any atom is 4.00 e. The van der Waals surface area contributed by atoms with E-state index in [9.17, 15) is 0 Å². The van der Waals surface area contributed by atoms with Crippen LogP contribution in [0.2, 0.25) is 0 Å². The van der Waals surface area contributed by atoms with E-state index in [1.807, 2.05) is 0 Å². The predicted molar refractivity (Wildman–Crippen MR) is 8.98 cm³/mol. The Bertz CT molecular complexity index is 195. The van der Waals surface area contributed by atoms with Crippen LogP contribution in [0.4, 0.5) is 0 Å². The Kier molecular flexibility index (Phi) is 17.9. The maximum absolute atomic E-state index is 8.59. The number of hydrogen-bond donors (Lipinski definition) is 0. The molecule has 0 aliphatic heterocycles. The van der Waals surface area contributed by atoms with Crippen molar-refractivity contribution >= 4 is 7.82 Å². The molecule has 0 unspecified atom stereocenters. The summed E-state index contributed by atoms with van der Waals surface area (Å²) in [6, 6.07) is 0. The van der Waals surface area contributed by atoms with E-state index < -0.39 is 21.4 Å². The molecule has 0 aromatic carbocycles. The molecule has 0 atom stereocenters. The predicted octanol–water partition coefficient (Wildman–Crippen LogP) is -5.45.